The van der Waals surface area contributed by atoms with Gasteiger partial charge in [-0.2, -0.15) is 13.2 Å². The number of nitrogens with zero attached hydrogens (tertiary/aromatic N) is 1. The first-order chi connectivity index (χ1) is 7.88. The maximum absolute atomic E-state index is 12.8. The van der Waals surface area contributed by atoms with Crippen LogP contribution in [0.2, 0.25) is 0 Å². The number of halogens is 3. The van der Waals surface area contributed by atoms with E-state index in [4.69, 9.17) is 5.73 Å². The zero-order valence-corrected chi connectivity index (χ0v) is 8.71. The summed E-state index contributed by atoms with van der Waals surface area (Å²) in [4.78, 5) is 14.7. The molecular formula is C10H10F3N3O. The summed E-state index contributed by atoms with van der Waals surface area (Å²) < 4.78 is 38.4. The molecule has 1 aliphatic heterocycles. The van der Waals surface area contributed by atoms with Crippen LogP contribution < -0.4 is 11.1 Å². The minimum Gasteiger partial charge on any atom is -0.384 e. The molecule has 0 bridgehead atoms. The average Bonchev–Trinajstić information content (AvgIpc) is 2.63. The number of alkyl halides is 3. The first-order valence-electron chi connectivity index (χ1n) is 4.97. The second kappa shape index (κ2) is 3.90. The summed E-state index contributed by atoms with van der Waals surface area (Å²) in [6, 6.07) is 0.804. The maximum Gasteiger partial charge on any atom is 0.416 e. The Morgan fingerprint density at radius 2 is 2.18 bits per heavy atom. The van der Waals surface area contributed by atoms with Crippen LogP contribution in [0.4, 0.5) is 19.0 Å². The van der Waals surface area contributed by atoms with Crippen molar-refractivity contribution in [3.8, 4) is 0 Å². The number of anilines is 1. The van der Waals surface area contributed by atoms with Crippen LogP contribution in [0.25, 0.3) is 0 Å². The van der Waals surface area contributed by atoms with Gasteiger partial charge in [-0.05, 0) is 11.6 Å². The highest BCUT2D eigenvalue weighted by Crippen LogP contribution is 2.37. The number of amides is 1. The zero-order valence-electron chi connectivity index (χ0n) is 8.71. The molecule has 2 heterocycles. The first-order valence-corrected chi connectivity index (χ1v) is 4.97. The maximum atomic E-state index is 12.8. The van der Waals surface area contributed by atoms with Gasteiger partial charge in [0.15, 0.2) is 0 Å². The van der Waals surface area contributed by atoms with Crippen molar-refractivity contribution in [1.29, 1.82) is 0 Å². The molecule has 1 aromatic heterocycles. The van der Waals surface area contributed by atoms with Crippen molar-refractivity contribution in [2.75, 3.05) is 12.3 Å². The third-order valence-corrected chi connectivity index (χ3v) is 2.68. The predicted octanol–water partition coefficient (Wildman–Crippen LogP) is 1.29. The van der Waals surface area contributed by atoms with E-state index in [1.165, 1.54) is 0 Å². The number of hydrogen-bond donors (Lipinski definition) is 2. The molecule has 1 saturated heterocycles. The molecule has 17 heavy (non-hydrogen) atoms. The Morgan fingerprint density at radius 1 is 1.47 bits per heavy atom. The molecule has 1 fully saturated rings. The highest BCUT2D eigenvalue weighted by atomic mass is 19.4. The van der Waals surface area contributed by atoms with Crippen LogP contribution in [-0.2, 0) is 11.0 Å². The molecule has 0 aromatic carbocycles. The fourth-order valence-electron chi connectivity index (χ4n) is 1.88. The summed E-state index contributed by atoms with van der Waals surface area (Å²) in [5.41, 5.74) is 4.46. The molecule has 0 saturated carbocycles. The van der Waals surface area contributed by atoms with Crippen molar-refractivity contribution in [3.63, 3.8) is 0 Å². The Kier molecular flexibility index (Phi) is 2.68. The van der Waals surface area contributed by atoms with Crippen LogP contribution >= 0.6 is 0 Å². The van der Waals surface area contributed by atoms with Crippen LogP contribution in [0.5, 0.6) is 0 Å². The van der Waals surface area contributed by atoms with Gasteiger partial charge in [0, 0.05) is 25.1 Å². The third kappa shape index (κ3) is 2.32. The second-order valence-electron chi connectivity index (χ2n) is 3.90. The highest BCUT2D eigenvalue weighted by Gasteiger charge is 2.37. The standard InChI is InChI=1S/C10H10F3N3O/c11-10(12,13)7-2-8(14)15-4-6(7)5-1-9(17)16-3-5/h2,4-5H,1,3H2,(H2,14,15)(H,16,17)/t5-/m0/s1. The molecule has 7 heteroatoms. The van der Waals surface area contributed by atoms with Gasteiger partial charge >= 0.3 is 6.18 Å². The molecule has 3 N–H and O–H groups in total. The molecule has 0 spiro atoms. The van der Waals surface area contributed by atoms with E-state index in [1.54, 1.807) is 0 Å². The van der Waals surface area contributed by atoms with Gasteiger partial charge in [-0.15, -0.1) is 0 Å². The summed E-state index contributed by atoms with van der Waals surface area (Å²) in [6.07, 6.45) is -3.34. The molecule has 0 radical (unpaired) electrons. The van der Waals surface area contributed by atoms with Crippen LogP contribution in [-0.4, -0.2) is 17.4 Å². The normalized spacial score (nSPS) is 20.4. The van der Waals surface area contributed by atoms with Crippen molar-refractivity contribution in [3.05, 3.63) is 23.4 Å². The topological polar surface area (TPSA) is 68.0 Å². The van der Waals surface area contributed by atoms with Gasteiger partial charge < -0.3 is 11.1 Å². The average molecular weight is 245 g/mol. The Labute approximate surface area is 95.0 Å². The van der Waals surface area contributed by atoms with E-state index in [0.717, 1.165) is 12.3 Å². The molecule has 0 aliphatic carbocycles. The summed E-state index contributed by atoms with van der Waals surface area (Å²) in [7, 11) is 0. The molecule has 92 valence electrons. The summed E-state index contributed by atoms with van der Waals surface area (Å²) >= 11 is 0. The number of nitrogens with two attached hydrogens (primary N) is 1. The minimum atomic E-state index is -4.49. The number of carbonyl (C=O) groups is 1. The van der Waals surface area contributed by atoms with E-state index in [9.17, 15) is 18.0 Å². The molecule has 1 aliphatic rings. The number of hydrogen-bond acceptors (Lipinski definition) is 3. The molecule has 1 amide bonds. The lowest BCUT2D eigenvalue weighted by Gasteiger charge is -2.16. The van der Waals surface area contributed by atoms with Gasteiger partial charge in [0.1, 0.15) is 5.82 Å². The van der Waals surface area contributed by atoms with E-state index >= 15 is 0 Å². The lowest BCUT2D eigenvalue weighted by atomic mass is 9.95. The molecular weight excluding hydrogens is 235 g/mol. The molecule has 2 rings (SSSR count). The predicted molar refractivity (Wildman–Crippen MR) is 54.0 cm³/mol. The SMILES string of the molecule is Nc1cc(C(F)(F)F)c([C@@H]2CNC(=O)C2)cn1. The molecule has 1 aromatic rings. The second-order valence-corrected chi connectivity index (χ2v) is 3.90. The van der Waals surface area contributed by atoms with Crippen molar-refractivity contribution >= 4 is 11.7 Å². The van der Waals surface area contributed by atoms with Crippen molar-refractivity contribution < 1.29 is 18.0 Å². The Balaban J connectivity index is 2.43. The highest BCUT2D eigenvalue weighted by molar-refractivity contribution is 5.79. The number of aromatic nitrogens is 1. The van der Waals surface area contributed by atoms with Gasteiger partial charge in [-0.25, -0.2) is 4.98 Å². The van der Waals surface area contributed by atoms with E-state index in [2.05, 4.69) is 10.3 Å². The van der Waals surface area contributed by atoms with Crippen molar-refractivity contribution in [2.45, 2.75) is 18.5 Å². The van der Waals surface area contributed by atoms with Crippen LogP contribution in [0, 0.1) is 0 Å². The van der Waals surface area contributed by atoms with Gasteiger partial charge in [0.2, 0.25) is 5.91 Å². The third-order valence-electron chi connectivity index (χ3n) is 2.68. The summed E-state index contributed by atoms with van der Waals surface area (Å²) in [6.45, 7) is 0.202. The Hall–Kier alpha value is -1.79. The zero-order chi connectivity index (χ0) is 12.6. The van der Waals surface area contributed by atoms with Gasteiger partial charge in [-0.1, -0.05) is 0 Å². The number of carbonyl (C=O) groups excluding carboxylic acids is 1. The van der Waals surface area contributed by atoms with E-state index < -0.39 is 17.7 Å². The van der Waals surface area contributed by atoms with Gasteiger partial charge in [0.05, 0.1) is 5.56 Å². The summed E-state index contributed by atoms with van der Waals surface area (Å²) in [5, 5.41) is 2.50. The quantitative estimate of drug-likeness (QED) is 0.783. The molecule has 0 unspecified atom stereocenters. The van der Waals surface area contributed by atoms with E-state index in [-0.39, 0.29) is 30.3 Å². The molecule has 1 atom stereocenters. The van der Waals surface area contributed by atoms with Crippen LogP contribution in [0.1, 0.15) is 23.5 Å². The number of pyridine rings is 1. The number of nitrogens with one attached hydrogen (secondary N) is 1. The van der Waals surface area contributed by atoms with Gasteiger partial charge in [0.25, 0.3) is 0 Å². The summed E-state index contributed by atoms with van der Waals surface area (Å²) in [5.74, 6) is -0.925. The lowest BCUT2D eigenvalue weighted by Crippen LogP contribution is -2.16. The Morgan fingerprint density at radius 3 is 2.71 bits per heavy atom. The Bertz CT molecular complexity index is 459. The monoisotopic (exact) mass is 245 g/mol. The molecule has 4 nitrogen and oxygen atoms in total. The fraction of sp³-hybridized carbons (Fsp3) is 0.400. The smallest absolute Gasteiger partial charge is 0.384 e. The van der Waals surface area contributed by atoms with E-state index in [0.29, 0.717) is 0 Å². The first kappa shape index (κ1) is 11.7. The van der Waals surface area contributed by atoms with Crippen LogP contribution in [0.15, 0.2) is 12.3 Å². The van der Waals surface area contributed by atoms with E-state index in [1.807, 2.05) is 0 Å². The number of rotatable bonds is 1. The number of nitrogen functional groups attached to an aromatic ring is 1. The van der Waals surface area contributed by atoms with Crippen LogP contribution in [0.3, 0.4) is 0 Å². The fourth-order valence-corrected chi connectivity index (χ4v) is 1.88. The van der Waals surface area contributed by atoms with Crippen molar-refractivity contribution in [2.24, 2.45) is 0 Å². The van der Waals surface area contributed by atoms with Crippen molar-refractivity contribution in [1.82, 2.24) is 10.3 Å². The lowest BCUT2D eigenvalue weighted by molar-refractivity contribution is -0.138. The van der Waals surface area contributed by atoms with Gasteiger partial charge in [-0.3, -0.25) is 4.79 Å². The largest absolute Gasteiger partial charge is 0.416 e. The minimum absolute atomic E-state index is 0.0186.